The zero-order chi connectivity index (χ0) is 25.6. The molecule has 0 bridgehead atoms. The number of likely N-dealkylation sites (tertiary alicyclic amines) is 2. The lowest BCUT2D eigenvalue weighted by atomic mass is 10.0. The van der Waals surface area contributed by atoms with Crippen molar-refractivity contribution in [2.24, 2.45) is 5.92 Å². The van der Waals surface area contributed by atoms with Crippen molar-refractivity contribution in [2.45, 2.75) is 38.5 Å². The van der Waals surface area contributed by atoms with Gasteiger partial charge in [-0.3, -0.25) is 4.90 Å². The van der Waals surface area contributed by atoms with Crippen molar-refractivity contribution in [3.05, 3.63) is 53.7 Å². The highest BCUT2D eigenvalue weighted by atomic mass is 35.5. The molecule has 0 saturated carbocycles. The molecule has 1 atom stereocenters. The van der Waals surface area contributed by atoms with Gasteiger partial charge in [-0.15, -0.1) is 42.3 Å². The predicted octanol–water partition coefficient (Wildman–Crippen LogP) is 5.46. The molecule has 2 fully saturated rings. The van der Waals surface area contributed by atoms with Crippen LogP contribution in [0.15, 0.2) is 42.5 Å². The summed E-state index contributed by atoms with van der Waals surface area (Å²) in [4.78, 5) is 4.90. The predicted molar refractivity (Wildman–Crippen MR) is 168 cm³/mol. The molecule has 1 N–H and O–H groups in total. The number of benzene rings is 2. The highest BCUT2D eigenvalue weighted by Gasteiger charge is 2.22. The number of hydrogen-bond acceptors (Lipinski definition) is 8. The van der Waals surface area contributed by atoms with Crippen molar-refractivity contribution in [3.8, 4) is 11.5 Å². The SMILES string of the molecule is COCc1nnc(NC2CCN(Cc3ccc(OCC4CCN(C)C4)cc3)CC2)c2cc(OC)ccc12.Cl.Cl.Cl. The summed E-state index contributed by atoms with van der Waals surface area (Å²) in [6.45, 7) is 6.61. The zero-order valence-electron chi connectivity index (χ0n) is 23.5. The molecule has 0 spiro atoms. The number of piperidine rings is 1. The summed E-state index contributed by atoms with van der Waals surface area (Å²) >= 11 is 0. The molecule has 2 aromatic carbocycles. The summed E-state index contributed by atoms with van der Waals surface area (Å²) in [6.07, 6.45) is 3.35. The van der Waals surface area contributed by atoms with E-state index in [1.54, 1.807) is 14.2 Å². The Morgan fingerprint density at radius 1 is 0.875 bits per heavy atom. The molecular weight excluding hydrogens is 573 g/mol. The Morgan fingerprint density at radius 2 is 1.60 bits per heavy atom. The molecule has 2 saturated heterocycles. The van der Waals surface area contributed by atoms with E-state index in [-0.39, 0.29) is 37.2 Å². The van der Waals surface area contributed by atoms with Gasteiger partial charge in [-0.2, -0.15) is 5.10 Å². The number of rotatable bonds is 10. The number of anilines is 1. The van der Waals surface area contributed by atoms with E-state index in [1.807, 2.05) is 18.2 Å². The standard InChI is InChI=1S/C29H39N5O3.3ClH/c1-33-13-10-22(17-33)19-37-24-6-4-21(5-7-24)18-34-14-11-23(12-15-34)30-29-27-16-25(36-3)8-9-26(27)28(20-35-2)31-32-29;;;/h4-9,16,22-23H,10-15,17-20H2,1-3H3,(H,30,32);3*1H. The van der Waals surface area contributed by atoms with E-state index in [4.69, 9.17) is 14.2 Å². The minimum atomic E-state index is 0. The third kappa shape index (κ3) is 8.71. The van der Waals surface area contributed by atoms with E-state index in [0.29, 0.717) is 18.6 Å². The largest absolute Gasteiger partial charge is 0.497 e. The first-order valence-electron chi connectivity index (χ1n) is 13.3. The number of nitrogens with zero attached hydrogens (tertiary/aromatic N) is 4. The monoisotopic (exact) mass is 613 g/mol. The summed E-state index contributed by atoms with van der Waals surface area (Å²) in [5.41, 5.74) is 2.17. The van der Waals surface area contributed by atoms with Crippen molar-refractivity contribution in [1.82, 2.24) is 20.0 Å². The molecule has 3 aromatic rings. The van der Waals surface area contributed by atoms with Gasteiger partial charge < -0.3 is 24.4 Å². The maximum atomic E-state index is 6.05. The van der Waals surface area contributed by atoms with Crippen molar-refractivity contribution in [2.75, 3.05) is 59.4 Å². The van der Waals surface area contributed by atoms with Crippen LogP contribution >= 0.6 is 37.2 Å². The number of nitrogens with one attached hydrogen (secondary N) is 1. The maximum absolute atomic E-state index is 6.05. The Kier molecular flexibility index (Phi) is 14.0. The van der Waals surface area contributed by atoms with Crippen LogP contribution in [0.1, 0.15) is 30.5 Å². The van der Waals surface area contributed by atoms with Crippen LogP contribution in [-0.4, -0.2) is 80.1 Å². The summed E-state index contributed by atoms with van der Waals surface area (Å²) in [7, 11) is 5.54. The first kappa shape index (κ1) is 34.1. The van der Waals surface area contributed by atoms with Crippen LogP contribution in [0.2, 0.25) is 0 Å². The lowest BCUT2D eigenvalue weighted by molar-refractivity contribution is 0.182. The normalized spacial score (nSPS) is 17.9. The van der Waals surface area contributed by atoms with E-state index >= 15 is 0 Å². The molecule has 8 nitrogen and oxygen atoms in total. The number of hydrogen-bond donors (Lipinski definition) is 1. The molecule has 3 heterocycles. The average Bonchev–Trinajstić information content (AvgIpc) is 3.35. The van der Waals surface area contributed by atoms with Crippen LogP contribution in [0.3, 0.4) is 0 Å². The fourth-order valence-corrected chi connectivity index (χ4v) is 5.42. The second-order valence-electron chi connectivity index (χ2n) is 10.4. The third-order valence-electron chi connectivity index (χ3n) is 7.58. The fraction of sp³-hybridized carbons (Fsp3) is 0.517. The van der Waals surface area contributed by atoms with Crippen molar-refractivity contribution < 1.29 is 14.2 Å². The second kappa shape index (κ2) is 16.4. The van der Waals surface area contributed by atoms with Crippen LogP contribution in [0, 0.1) is 5.92 Å². The quantitative estimate of drug-likeness (QED) is 0.323. The molecule has 2 aliphatic rings. The van der Waals surface area contributed by atoms with Gasteiger partial charge in [0.15, 0.2) is 5.82 Å². The number of fused-ring (bicyclic) bond motifs is 1. The average molecular weight is 615 g/mol. The van der Waals surface area contributed by atoms with Gasteiger partial charge >= 0.3 is 0 Å². The van der Waals surface area contributed by atoms with Crippen molar-refractivity contribution in [3.63, 3.8) is 0 Å². The van der Waals surface area contributed by atoms with E-state index in [9.17, 15) is 0 Å². The summed E-state index contributed by atoms with van der Waals surface area (Å²) in [5, 5.41) is 14.7. The Labute approximate surface area is 256 Å². The van der Waals surface area contributed by atoms with Crippen molar-refractivity contribution >= 4 is 53.8 Å². The van der Waals surface area contributed by atoms with E-state index in [2.05, 4.69) is 56.6 Å². The van der Waals surface area contributed by atoms with Gasteiger partial charge in [0.2, 0.25) is 0 Å². The van der Waals surface area contributed by atoms with Gasteiger partial charge in [-0.25, -0.2) is 0 Å². The van der Waals surface area contributed by atoms with Crippen LogP contribution in [0.25, 0.3) is 10.8 Å². The van der Waals surface area contributed by atoms with E-state index < -0.39 is 0 Å². The molecule has 0 radical (unpaired) electrons. The molecule has 0 amide bonds. The number of ether oxygens (including phenoxy) is 3. The van der Waals surface area contributed by atoms with Crippen LogP contribution in [0.5, 0.6) is 11.5 Å². The lowest BCUT2D eigenvalue weighted by Crippen LogP contribution is -2.38. The molecule has 5 rings (SSSR count). The number of aromatic nitrogens is 2. The Bertz CT molecular complexity index is 1180. The Hall–Kier alpha value is -2.07. The molecule has 11 heteroatoms. The number of methoxy groups -OCH3 is 2. The van der Waals surface area contributed by atoms with Gasteiger partial charge in [0, 0.05) is 56.0 Å². The first-order chi connectivity index (χ1) is 18.1. The topological polar surface area (TPSA) is 72.0 Å². The zero-order valence-corrected chi connectivity index (χ0v) is 26.0. The van der Waals surface area contributed by atoms with E-state index in [1.165, 1.54) is 18.5 Å². The van der Waals surface area contributed by atoms with Gasteiger partial charge in [-0.05, 0) is 68.8 Å². The van der Waals surface area contributed by atoms with Crippen LogP contribution in [-0.2, 0) is 17.9 Å². The molecule has 40 heavy (non-hydrogen) atoms. The smallest absolute Gasteiger partial charge is 0.156 e. The molecule has 0 aliphatic carbocycles. The van der Waals surface area contributed by atoms with Crippen LogP contribution in [0.4, 0.5) is 5.82 Å². The highest BCUT2D eigenvalue weighted by molar-refractivity contribution is 5.94. The third-order valence-corrected chi connectivity index (χ3v) is 7.58. The van der Waals surface area contributed by atoms with E-state index in [0.717, 1.165) is 79.4 Å². The van der Waals surface area contributed by atoms with Crippen molar-refractivity contribution in [1.29, 1.82) is 0 Å². The first-order valence-corrected chi connectivity index (χ1v) is 13.3. The maximum Gasteiger partial charge on any atom is 0.156 e. The lowest BCUT2D eigenvalue weighted by Gasteiger charge is -2.32. The Balaban J connectivity index is 0.00000187. The summed E-state index contributed by atoms with van der Waals surface area (Å²) < 4.78 is 16.8. The molecule has 222 valence electrons. The molecule has 1 unspecified atom stereocenters. The molecule has 1 aromatic heterocycles. The second-order valence-corrected chi connectivity index (χ2v) is 10.4. The fourth-order valence-electron chi connectivity index (χ4n) is 5.42. The van der Waals surface area contributed by atoms with Crippen LogP contribution < -0.4 is 14.8 Å². The van der Waals surface area contributed by atoms with Gasteiger partial charge in [0.05, 0.1) is 26.0 Å². The molecular formula is C29H42Cl3N5O3. The minimum absolute atomic E-state index is 0. The van der Waals surface area contributed by atoms with Gasteiger partial charge in [0.1, 0.15) is 11.5 Å². The minimum Gasteiger partial charge on any atom is -0.497 e. The Morgan fingerprint density at radius 3 is 2.25 bits per heavy atom. The van der Waals surface area contributed by atoms with Gasteiger partial charge in [0.25, 0.3) is 0 Å². The van der Waals surface area contributed by atoms with Gasteiger partial charge in [-0.1, -0.05) is 12.1 Å². The summed E-state index contributed by atoms with van der Waals surface area (Å²) in [5.74, 6) is 3.24. The number of halogens is 3. The highest BCUT2D eigenvalue weighted by Crippen LogP contribution is 2.29. The molecule has 2 aliphatic heterocycles. The summed E-state index contributed by atoms with van der Waals surface area (Å²) in [6, 6.07) is 15.0.